The third-order valence-corrected chi connectivity index (χ3v) is 3.61. The molecule has 2 aromatic carbocycles. The topological polar surface area (TPSA) is 161 Å². The largest absolute Gasteiger partial charge is 0.504 e. The molecule has 2 N–H and O–H groups in total. The lowest BCUT2D eigenvalue weighted by Gasteiger charge is -2.18. The second-order valence-electron chi connectivity index (χ2n) is 4.92. The van der Waals surface area contributed by atoms with E-state index in [0.717, 1.165) is 18.2 Å². The molecule has 0 aromatic heterocycles. The van der Waals surface area contributed by atoms with E-state index in [1.807, 2.05) is 0 Å². The molecule has 0 bridgehead atoms. The second-order valence-corrected chi connectivity index (χ2v) is 4.92. The first-order valence-corrected chi connectivity index (χ1v) is 6.35. The number of phenolic OH excluding ortho intramolecular Hbond substituents is 2. The highest BCUT2D eigenvalue weighted by Gasteiger charge is 2.40. The molecule has 0 heterocycles. The molecule has 0 saturated heterocycles. The molecule has 10 heteroatoms. The number of rotatable bonds is 2. The van der Waals surface area contributed by atoms with E-state index in [0.29, 0.717) is 6.07 Å². The molecule has 3 rings (SSSR count). The highest BCUT2D eigenvalue weighted by molar-refractivity contribution is 6.31. The lowest BCUT2D eigenvalue weighted by Crippen LogP contribution is -2.22. The van der Waals surface area contributed by atoms with Crippen LogP contribution >= 0.6 is 0 Å². The van der Waals surface area contributed by atoms with Gasteiger partial charge < -0.3 is 10.2 Å². The predicted molar refractivity (Wildman–Crippen MR) is 76.4 cm³/mol. The lowest BCUT2D eigenvalue weighted by molar-refractivity contribution is -0.385. The number of hydrogen-bond acceptors (Lipinski definition) is 8. The van der Waals surface area contributed by atoms with Gasteiger partial charge in [-0.25, -0.2) is 0 Å². The number of non-ortho nitro benzene ring substituents is 1. The first-order chi connectivity index (χ1) is 11.2. The summed E-state index contributed by atoms with van der Waals surface area (Å²) in [6, 6.07) is 3.41. The van der Waals surface area contributed by atoms with Gasteiger partial charge in [0.25, 0.3) is 11.4 Å². The van der Waals surface area contributed by atoms with Crippen molar-refractivity contribution in [3.63, 3.8) is 0 Å². The van der Waals surface area contributed by atoms with Crippen molar-refractivity contribution < 1.29 is 29.6 Å². The molecule has 1 aliphatic carbocycles. The number of nitro benzene ring substituents is 2. The Morgan fingerprint density at radius 2 is 1.46 bits per heavy atom. The van der Waals surface area contributed by atoms with E-state index >= 15 is 0 Å². The van der Waals surface area contributed by atoms with Crippen molar-refractivity contribution in [2.24, 2.45) is 0 Å². The van der Waals surface area contributed by atoms with Gasteiger partial charge in [-0.1, -0.05) is 0 Å². The molecule has 0 spiro atoms. The van der Waals surface area contributed by atoms with Crippen molar-refractivity contribution in [2.75, 3.05) is 0 Å². The van der Waals surface area contributed by atoms with Crippen molar-refractivity contribution in [3.05, 3.63) is 66.7 Å². The number of aromatic hydroxyl groups is 2. The zero-order chi connectivity index (χ0) is 17.8. The summed E-state index contributed by atoms with van der Waals surface area (Å²) >= 11 is 0. The van der Waals surface area contributed by atoms with Crippen LogP contribution in [0.25, 0.3) is 0 Å². The van der Waals surface area contributed by atoms with Crippen LogP contribution in [0.1, 0.15) is 31.8 Å². The Bertz CT molecular complexity index is 979. The van der Waals surface area contributed by atoms with Crippen LogP contribution in [0.4, 0.5) is 11.4 Å². The van der Waals surface area contributed by atoms with Gasteiger partial charge in [-0.15, -0.1) is 0 Å². The number of carbonyl (C=O) groups is 2. The molecule has 24 heavy (non-hydrogen) atoms. The summed E-state index contributed by atoms with van der Waals surface area (Å²) in [6.45, 7) is 0. The maximum absolute atomic E-state index is 12.5. The SMILES string of the molecule is O=C1c2ccc([N+](=O)[O-])cc2C(=O)c2c(O)c(O)cc([N+](=O)[O-])c21. The highest BCUT2D eigenvalue weighted by atomic mass is 16.6. The Hall–Kier alpha value is -3.82. The maximum Gasteiger partial charge on any atom is 0.285 e. The summed E-state index contributed by atoms with van der Waals surface area (Å²) in [6.07, 6.45) is 0. The number of fused-ring (bicyclic) bond motifs is 2. The third-order valence-electron chi connectivity index (χ3n) is 3.61. The fraction of sp³-hybridized carbons (Fsp3) is 0. The van der Waals surface area contributed by atoms with E-state index in [1.54, 1.807) is 0 Å². The lowest BCUT2D eigenvalue weighted by atomic mass is 9.82. The first-order valence-electron chi connectivity index (χ1n) is 6.35. The summed E-state index contributed by atoms with van der Waals surface area (Å²) in [4.78, 5) is 45.2. The van der Waals surface area contributed by atoms with Gasteiger partial charge in [0.1, 0.15) is 5.56 Å². The molecule has 120 valence electrons. The van der Waals surface area contributed by atoms with Crippen molar-refractivity contribution in [3.8, 4) is 11.5 Å². The number of ketones is 2. The molecular formula is C14H6N2O8. The van der Waals surface area contributed by atoms with E-state index in [2.05, 4.69) is 0 Å². The van der Waals surface area contributed by atoms with Gasteiger partial charge in [-0.2, -0.15) is 0 Å². The van der Waals surface area contributed by atoms with E-state index in [-0.39, 0.29) is 11.1 Å². The van der Waals surface area contributed by atoms with Crippen molar-refractivity contribution >= 4 is 22.9 Å². The number of hydrogen-bond donors (Lipinski definition) is 2. The summed E-state index contributed by atoms with van der Waals surface area (Å²) in [5.74, 6) is -3.92. The zero-order valence-corrected chi connectivity index (χ0v) is 11.5. The van der Waals surface area contributed by atoms with E-state index in [9.17, 15) is 40.0 Å². The monoisotopic (exact) mass is 330 g/mol. The van der Waals surface area contributed by atoms with Crippen LogP contribution in [0.15, 0.2) is 24.3 Å². The molecule has 1 aliphatic rings. The van der Waals surface area contributed by atoms with Crippen LogP contribution in [0.5, 0.6) is 11.5 Å². The number of carbonyl (C=O) groups excluding carboxylic acids is 2. The van der Waals surface area contributed by atoms with Crippen LogP contribution in [-0.4, -0.2) is 31.6 Å². The molecular weight excluding hydrogens is 324 g/mol. The van der Waals surface area contributed by atoms with Crippen LogP contribution in [0.3, 0.4) is 0 Å². The number of nitro groups is 2. The Kier molecular flexibility index (Phi) is 3.04. The molecule has 0 unspecified atom stereocenters. The molecule has 0 amide bonds. The molecule has 2 aromatic rings. The first kappa shape index (κ1) is 15.1. The molecule has 0 fully saturated rings. The van der Waals surface area contributed by atoms with Gasteiger partial charge in [0.2, 0.25) is 5.78 Å². The van der Waals surface area contributed by atoms with Crippen molar-refractivity contribution in [1.29, 1.82) is 0 Å². The average Bonchev–Trinajstić information content (AvgIpc) is 2.53. The number of benzene rings is 2. The number of phenols is 2. The zero-order valence-electron chi connectivity index (χ0n) is 11.5. The van der Waals surface area contributed by atoms with Crippen molar-refractivity contribution in [1.82, 2.24) is 0 Å². The summed E-state index contributed by atoms with van der Waals surface area (Å²) in [5.41, 5.74) is -3.36. The quantitative estimate of drug-likeness (QED) is 0.407. The fourth-order valence-electron chi connectivity index (χ4n) is 2.54. The summed E-state index contributed by atoms with van der Waals surface area (Å²) in [7, 11) is 0. The van der Waals surface area contributed by atoms with Gasteiger partial charge >= 0.3 is 0 Å². The molecule has 0 radical (unpaired) electrons. The molecule has 0 saturated carbocycles. The van der Waals surface area contributed by atoms with Crippen molar-refractivity contribution in [2.45, 2.75) is 0 Å². The molecule has 10 nitrogen and oxygen atoms in total. The van der Waals surface area contributed by atoms with Gasteiger partial charge in [0.15, 0.2) is 17.3 Å². The minimum Gasteiger partial charge on any atom is -0.504 e. The minimum atomic E-state index is -1.03. The van der Waals surface area contributed by atoms with Gasteiger partial charge in [0.05, 0.1) is 21.5 Å². The fourth-order valence-corrected chi connectivity index (χ4v) is 2.54. The predicted octanol–water partition coefficient (Wildman–Crippen LogP) is 1.69. The van der Waals surface area contributed by atoms with Crippen LogP contribution < -0.4 is 0 Å². The van der Waals surface area contributed by atoms with Crippen LogP contribution in [-0.2, 0) is 0 Å². The maximum atomic E-state index is 12.5. The normalized spacial score (nSPS) is 12.5. The third kappa shape index (κ3) is 1.90. The van der Waals surface area contributed by atoms with Crippen LogP contribution in [0, 0.1) is 20.2 Å². The van der Waals surface area contributed by atoms with E-state index in [4.69, 9.17) is 0 Å². The smallest absolute Gasteiger partial charge is 0.285 e. The Morgan fingerprint density at radius 3 is 2.04 bits per heavy atom. The minimum absolute atomic E-state index is 0.258. The van der Waals surface area contributed by atoms with Gasteiger partial charge in [-0.3, -0.25) is 29.8 Å². The average molecular weight is 330 g/mol. The summed E-state index contributed by atoms with van der Waals surface area (Å²) < 4.78 is 0. The Labute approximate surface area is 131 Å². The van der Waals surface area contributed by atoms with E-state index < -0.39 is 55.4 Å². The highest BCUT2D eigenvalue weighted by Crippen LogP contribution is 2.43. The Balaban J connectivity index is 2.39. The van der Waals surface area contributed by atoms with Gasteiger partial charge in [-0.05, 0) is 6.07 Å². The second kappa shape index (κ2) is 4.84. The standard InChI is InChI=1S/C14H6N2O8/c17-9-4-8(16(23)24)10-11(14(9)20)13(19)7-3-5(15(21)22)1-2-6(7)12(10)18/h1-4,17,20H. The number of nitrogens with zero attached hydrogens (tertiary/aromatic N) is 2. The summed E-state index contributed by atoms with van der Waals surface area (Å²) in [5, 5.41) is 41.4. The molecule has 0 aliphatic heterocycles. The van der Waals surface area contributed by atoms with Gasteiger partial charge in [0, 0.05) is 23.3 Å². The van der Waals surface area contributed by atoms with Crippen LogP contribution in [0.2, 0.25) is 0 Å². The van der Waals surface area contributed by atoms with E-state index in [1.165, 1.54) is 0 Å². The Morgan fingerprint density at radius 1 is 0.833 bits per heavy atom. The molecule has 0 atom stereocenters.